The normalized spacial score (nSPS) is 11.3. The summed E-state index contributed by atoms with van der Waals surface area (Å²) in [6, 6.07) is 1.55. The fourth-order valence-corrected chi connectivity index (χ4v) is 3.78. The van der Waals surface area contributed by atoms with Gasteiger partial charge in [-0.2, -0.15) is 9.98 Å². The quantitative estimate of drug-likeness (QED) is 0.136. The van der Waals surface area contributed by atoms with Crippen LogP contribution < -0.4 is 20.7 Å². The number of hydrogen-bond donors (Lipinski definition) is 4. The van der Waals surface area contributed by atoms with Crippen LogP contribution in [0.2, 0.25) is 0 Å². The van der Waals surface area contributed by atoms with Crippen molar-refractivity contribution < 1.29 is 28.6 Å². The molecular formula is C25H25N11O6. The van der Waals surface area contributed by atoms with E-state index < -0.39 is 17.7 Å². The first-order valence-electron chi connectivity index (χ1n) is 12.1. The molecule has 4 rings (SSSR count). The fourth-order valence-electron chi connectivity index (χ4n) is 3.78. The standard InChI is InChI=1S/C25H25N11O6/c1-10(26)42-25-24(28-9-41-6)35-20-18-16(33-22(30-12(3)38)23(34-18)31-13(4)39)14-7-15(29-11(2)37)21(27-8-40-5)32-17(14)19(20)36-25/h7-9,26H,1-6H3,(H,29,37)(H,30,33,38)(H,31,34,39)/b26-10?,27-8+,28-9-. The average Bonchev–Trinajstić information content (AvgIpc) is 2.90. The number of anilines is 3. The lowest BCUT2D eigenvalue weighted by molar-refractivity contribution is -0.115. The number of hydrogen-bond acceptors (Lipinski definition) is 14. The Labute approximate surface area is 237 Å². The molecule has 4 N–H and O–H groups in total. The number of carbonyl (C=O) groups excluding carboxylic acids is 3. The van der Waals surface area contributed by atoms with Gasteiger partial charge in [0.1, 0.15) is 27.6 Å². The molecule has 3 amide bonds. The molecule has 3 aromatic heterocycles. The van der Waals surface area contributed by atoms with Crippen LogP contribution in [0.25, 0.3) is 33.0 Å². The van der Waals surface area contributed by atoms with E-state index in [2.05, 4.69) is 50.9 Å². The molecular weight excluding hydrogens is 550 g/mol. The highest BCUT2D eigenvalue weighted by atomic mass is 16.5. The second-order valence-corrected chi connectivity index (χ2v) is 8.57. The van der Waals surface area contributed by atoms with Gasteiger partial charge in [-0.3, -0.25) is 19.8 Å². The minimum absolute atomic E-state index is 0.0432. The number of rotatable bonds is 8. The summed E-state index contributed by atoms with van der Waals surface area (Å²) in [5.41, 5.74) is 1.00. The van der Waals surface area contributed by atoms with Gasteiger partial charge in [-0.15, -0.1) is 0 Å². The van der Waals surface area contributed by atoms with Crippen molar-refractivity contribution in [3.8, 4) is 5.88 Å². The van der Waals surface area contributed by atoms with E-state index in [-0.39, 0.29) is 68.3 Å². The largest absolute Gasteiger partial charge is 0.486 e. The van der Waals surface area contributed by atoms with E-state index in [1.54, 1.807) is 6.07 Å². The molecule has 216 valence electrons. The van der Waals surface area contributed by atoms with Gasteiger partial charge in [-0.05, 0) is 6.07 Å². The summed E-state index contributed by atoms with van der Waals surface area (Å²) < 4.78 is 15.4. The number of aromatic nitrogens is 5. The summed E-state index contributed by atoms with van der Waals surface area (Å²) in [6.07, 6.45) is 2.23. The number of carbonyl (C=O) groups is 3. The highest BCUT2D eigenvalue weighted by Crippen LogP contribution is 2.39. The van der Waals surface area contributed by atoms with Crippen molar-refractivity contribution in [3.63, 3.8) is 0 Å². The van der Waals surface area contributed by atoms with Gasteiger partial charge in [-0.25, -0.2) is 24.9 Å². The molecule has 0 saturated carbocycles. The van der Waals surface area contributed by atoms with Crippen molar-refractivity contribution in [2.45, 2.75) is 27.7 Å². The monoisotopic (exact) mass is 575 g/mol. The first-order valence-corrected chi connectivity index (χ1v) is 12.1. The Bertz CT molecular complexity index is 1790. The Kier molecular flexibility index (Phi) is 8.40. The van der Waals surface area contributed by atoms with Gasteiger partial charge in [0.05, 0.1) is 19.9 Å². The number of amides is 3. The molecule has 4 aromatic rings. The fraction of sp³-hybridized carbons (Fsp3) is 0.240. The van der Waals surface area contributed by atoms with Gasteiger partial charge in [0.15, 0.2) is 36.2 Å². The van der Waals surface area contributed by atoms with Crippen molar-refractivity contribution >= 4 is 98.3 Å². The molecule has 0 aliphatic carbocycles. The molecule has 0 aliphatic heterocycles. The van der Waals surface area contributed by atoms with Crippen molar-refractivity contribution in [3.05, 3.63) is 6.07 Å². The molecule has 0 aliphatic rings. The lowest BCUT2D eigenvalue weighted by atomic mass is 10.1. The molecule has 0 radical (unpaired) electrons. The summed E-state index contributed by atoms with van der Waals surface area (Å²) in [5, 5.41) is 15.9. The van der Waals surface area contributed by atoms with Crippen LogP contribution in [0.5, 0.6) is 5.88 Å². The van der Waals surface area contributed by atoms with Crippen LogP contribution >= 0.6 is 0 Å². The molecule has 0 saturated heterocycles. The van der Waals surface area contributed by atoms with Crippen LogP contribution in [0.4, 0.5) is 29.0 Å². The van der Waals surface area contributed by atoms with E-state index in [4.69, 9.17) is 19.6 Å². The summed E-state index contributed by atoms with van der Waals surface area (Å²) in [7, 11) is 2.78. The number of methoxy groups -OCH3 is 2. The lowest BCUT2D eigenvalue weighted by Gasteiger charge is -2.15. The zero-order valence-electron chi connectivity index (χ0n) is 23.3. The Balaban J connectivity index is 2.27. The van der Waals surface area contributed by atoms with Crippen LogP contribution in [0, 0.1) is 5.41 Å². The van der Waals surface area contributed by atoms with Crippen LogP contribution in [-0.2, 0) is 23.9 Å². The summed E-state index contributed by atoms with van der Waals surface area (Å²) in [4.78, 5) is 67.3. The van der Waals surface area contributed by atoms with Gasteiger partial charge in [-0.1, -0.05) is 0 Å². The van der Waals surface area contributed by atoms with Gasteiger partial charge in [0.25, 0.3) is 5.88 Å². The molecule has 0 spiro atoms. The summed E-state index contributed by atoms with van der Waals surface area (Å²) in [6.45, 7) is 5.27. The summed E-state index contributed by atoms with van der Waals surface area (Å²) >= 11 is 0. The van der Waals surface area contributed by atoms with Crippen molar-refractivity contribution in [2.24, 2.45) is 9.98 Å². The number of nitrogens with zero attached hydrogens (tertiary/aromatic N) is 7. The Morgan fingerprint density at radius 2 is 1.19 bits per heavy atom. The first kappa shape index (κ1) is 29.1. The third-order valence-corrected chi connectivity index (χ3v) is 5.16. The van der Waals surface area contributed by atoms with E-state index in [1.165, 1.54) is 41.9 Å². The Morgan fingerprint density at radius 3 is 1.74 bits per heavy atom. The van der Waals surface area contributed by atoms with E-state index in [1.807, 2.05) is 0 Å². The van der Waals surface area contributed by atoms with Crippen LogP contribution in [0.1, 0.15) is 27.7 Å². The van der Waals surface area contributed by atoms with E-state index in [0.717, 1.165) is 12.8 Å². The van der Waals surface area contributed by atoms with E-state index in [9.17, 15) is 14.4 Å². The maximum atomic E-state index is 12.0. The zero-order valence-corrected chi connectivity index (χ0v) is 23.3. The SMILES string of the molecule is CO/C=N\c1nc2c3nc(NC(C)=O)c(NC(C)=O)nc3c3cc(NC(C)=O)c(/N=C/OC)nc3c2nc1OC(C)=N. The van der Waals surface area contributed by atoms with Gasteiger partial charge < -0.3 is 30.2 Å². The van der Waals surface area contributed by atoms with E-state index in [0.29, 0.717) is 5.39 Å². The molecule has 0 fully saturated rings. The number of aliphatic imine (C=N–C) groups is 2. The van der Waals surface area contributed by atoms with Crippen molar-refractivity contribution in [2.75, 3.05) is 30.2 Å². The van der Waals surface area contributed by atoms with Crippen LogP contribution in [0.3, 0.4) is 0 Å². The highest BCUT2D eigenvalue weighted by Gasteiger charge is 2.23. The highest BCUT2D eigenvalue weighted by molar-refractivity contribution is 6.21. The molecule has 17 heteroatoms. The topological polar surface area (TPSA) is 228 Å². The minimum Gasteiger partial charge on any atom is -0.486 e. The number of nitrogens with one attached hydrogen (secondary N) is 4. The number of pyridine rings is 1. The third-order valence-electron chi connectivity index (χ3n) is 5.16. The smallest absolute Gasteiger partial charge is 0.267 e. The maximum Gasteiger partial charge on any atom is 0.267 e. The molecule has 42 heavy (non-hydrogen) atoms. The Hall–Kier alpha value is -5.87. The van der Waals surface area contributed by atoms with E-state index >= 15 is 0 Å². The Morgan fingerprint density at radius 1 is 0.714 bits per heavy atom. The lowest BCUT2D eigenvalue weighted by Crippen LogP contribution is -2.15. The summed E-state index contributed by atoms with van der Waals surface area (Å²) in [5.74, 6) is -1.75. The molecule has 3 heterocycles. The maximum absolute atomic E-state index is 12.0. The minimum atomic E-state index is -0.468. The molecule has 0 unspecified atom stereocenters. The second-order valence-electron chi connectivity index (χ2n) is 8.57. The predicted molar refractivity (Wildman–Crippen MR) is 155 cm³/mol. The predicted octanol–water partition coefficient (Wildman–Crippen LogP) is 2.98. The van der Waals surface area contributed by atoms with Crippen LogP contribution in [-0.4, -0.2) is 75.6 Å². The first-order chi connectivity index (χ1) is 20.0. The van der Waals surface area contributed by atoms with Crippen LogP contribution in [0.15, 0.2) is 16.1 Å². The molecule has 0 atom stereocenters. The van der Waals surface area contributed by atoms with Crippen molar-refractivity contribution in [1.29, 1.82) is 5.41 Å². The van der Waals surface area contributed by atoms with Gasteiger partial charge >= 0.3 is 0 Å². The molecule has 1 aromatic carbocycles. The second kappa shape index (κ2) is 12.1. The number of benzene rings is 1. The number of fused-ring (bicyclic) bond motifs is 6. The van der Waals surface area contributed by atoms with Gasteiger partial charge in [0, 0.05) is 33.1 Å². The average molecular weight is 576 g/mol. The van der Waals surface area contributed by atoms with Crippen molar-refractivity contribution in [1.82, 2.24) is 24.9 Å². The molecule has 0 bridgehead atoms. The zero-order chi connectivity index (χ0) is 30.6. The molecule has 17 nitrogen and oxygen atoms in total. The van der Waals surface area contributed by atoms with Gasteiger partial charge in [0.2, 0.25) is 23.5 Å². The number of ether oxygens (including phenoxy) is 3. The third kappa shape index (κ3) is 6.14.